The number of nitrogens with zero attached hydrogens (tertiary/aromatic N) is 3. The second-order valence-electron chi connectivity index (χ2n) is 6.92. The fourth-order valence-electron chi connectivity index (χ4n) is 3.86. The van der Waals surface area contributed by atoms with Gasteiger partial charge < -0.3 is 9.32 Å². The summed E-state index contributed by atoms with van der Waals surface area (Å²) >= 11 is 0. The molecule has 1 aliphatic rings. The monoisotopic (exact) mass is 338 g/mol. The van der Waals surface area contributed by atoms with Crippen molar-refractivity contribution in [1.82, 2.24) is 20.1 Å². The highest BCUT2D eigenvalue weighted by atomic mass is 16.3. The number of aryl methyl sites for hydroxylation is 3. The average molecular weight is 338 g/mol. The molecule has 130 valence electrons. The van der Waals surface area contributed by atoms with Crippen LogP contribution >= 0.6 is 0 Å². The zero-order valence-electron chi connectivity index (χ0n) is 14.8. The van der Waals surface area contributed by atoms with Gasteiger partial charge in [-0.25, -0.2) is 4.98 Å². The third-order valence-electron chi connectivity index (χ3n) is 4.92. The van der Waals surface area contributed by atoms with Crippen molar-refractivity contribution in [1.29, 1.82) is 0 Å². The lowest BCUT2D eigenvalue weighted by Crippen LogP contribution is -2.32. The third kappa shape index (κ3) is 2.81. The van der Waals surface area contributed by atoms with E-state index in [2.05, 4.69) is 28.2 Å². The predicted molar refractivity (Wildman–Crippen MR) is 94.2 cm³/mol. The summed E-state index contributed by atoms with van der Waals surface area (Å²) in [6.45, 7) is 6.74. The first kappa shape index (κ1) is 15.9. The van der Waals surface area contributed by atoms with Crippen LogP contribution in [0.4, 0.5) is 0 Å². The summed E-state index contributed by atoms with van der Waals surface area (Å²) in [6, 6.07) is 4.12. The number of benzene rings is 1. The Labute approximate surface area is 146 Å². The Bertz CT molecular complexity index is 940. The minimum Gasteiger partial charge on any atom is -0.464 e. The van der Waals surface area contributed by atoms with Crippen LogP contribution in [0.5, 0.6) is 0 Å². The Kier molecular flexibility index (Phi) is 3.82. The Balaban J connectivity index is 1.60. The molecule has 0 aliphatic carbocycles. The molecule has 0 radical (unpaired) electrons. The molecule has 6 heteroatoms. The molecular formula is C19H22N4O2. The van der Waals surface area contributed by atoms with E-state index in [0.717, 1.165) is 52.9 Å². The fourth-order valence-corrected chi connectivity index (χ4v) is 3.86. The van der Waals surface area contributed by atoms with E-state index in [1.54, 1.807) is 6.26 Å². The van der Waals surface area contributed by atoms with Crippen LogP contribution in [0.25, 0.3) is 11.0 Å². The molecule has 1 amide bonds. The second-order valence-corrected chi connectivity index (χ2v) is 6.92. The normalized spacial score (nSPS) is 17.6. The number of fused-ring (bicyclic) bond motifs is 1. The average Bonchev–Trinajstić information content (AvgIpc) is 3.26. The van der Waals surface area contributed by atoms with Gasteiger partial charge in [0, 0.05) is 17.5 Å². The van der Waals surface area contributed by atoms with E-state index in [9.17, 15) is 4.79 Å². The van der Waals surface area contributed by atoms with Crippen molar-refractivity contribution in [3.8, 4) is 0 Å². The van der Waals surface area contributed by atoms with E-state index in [1.807, 2.05) is 24.8 Å². The fraction of sp³-hybridized carbons (Fsp3) is 0.421. The number of amides is 1. The molecule has 0 spiro atoms. The first-order valence-corrected chi connectivity index (χ1v) is 8.68. The maximum absolute atomic E-state index is 12.9. The summed E-state index contributed by atoms with van der Waals surface area (Å²) in [6.07, 6.45) is 3.95. The lowest BCUT2D eigenvalue weighted by Gasteiger charge is -2.22. The van der Waals surface area contributed by atoms with Crippen molar-refractivity contribution in [3.05, 3.63) is 46.7 Å². The Morgan fingerprint density at radius 3 is 2.96 bits per heavy atom. The van der Waals surface area contributed by atoms with Gasteiger partial charge in [0.25, 0.3) is 0 Å². The van der Waals surface area contributed by atoms with Crippen molar-refractivity contribution < 1.29 is 9.21 Å². The smallest absolute Gasteiger partial charge is 0.227 e. The lowest BCUT2D eigenvalue weighted by atomic mass is 10.0. The van der Waals surface area contributed by atoms with Gasteiger partial charge in [-0.3, -0.25) is 9.89 Å². The summed E-state index contributed by atoms with van der Waals surface area (Å²) < 4.78 is 5.69. The maximum atomic E-state index is 12.9. The van der Waals surface area contributed by atoms with Crippen LogP contribution in [-0.4, -0.2) is 32.5 Å². The number of carbonyl (C=O) groups is 1. The van der Waals surface area contributed by atoms with Gasteiger partial charge in [-0.15, -0.1) is 0 Å². The highest BCUT2D eigenvalue weighted by Crippen LogP contribution is 2.32. The van der Waals surface area contributed by atoms with Crippen LogP contribution in [0.2, 0.25) is 0 Å². The topological polar surface area (TPSA) is 75.0 Å². The van der Waals surface area contributed by atoms with Crippen LogP contribution in [0.1, 0.15) is 47.2 Å². The van der Waals surface area contributed by atoms with Gasteiger partial charge in [0.1, 0.15) is 11.4 Å². The van der Waals surface area contributed by atoms with Gasteiger partial charge in [0.2, 0.25) is 5.91 Å². The first-order chi connectivity index (χ1) is 12.0. The molecule has 0 saturated carbocycles. The van der Waals surface area contributed by atoms with E-state index in [0.29, 0.717) is 12.2 Å². The quantitative estimate of drug-likeness (QED) is 0.794. The first-order valence-electron chi connectivity index (χ1n) is 8.68. The van der Waals surface area contributed by atoms with Crippen LogP contribution in [0, 0.1) is 20.8 Å². The number of rotatable bonds is 3. The lowest BCUT2D eigenvalue weighted by molar-refractivity contribution is -0.131. The number of hydrogen-bond acceptors (Lipinski definition) is 4. The number of furan rings is 1. The van der Waals surface area contributed by atoms with Crippen LogP contribution in [0.15, 0.2) is 22.8 Å². The molecule has 0 unspecified atom stereocenters. The van der Waals surface area contributed by atoms with Gasteiger partial charge in [0.15, 0.2) is 5.82 Å². The van der Waals surface area contributed by atoms with Crippen LogP contribution in [-0.2, 0) is 11.2 Å². The Morgan fingerprint density at radius 2 is 2.20 bits per heavy atom. The van der Waals surface area contributed by atoms with Gasteiger partial charge in [-0.1, -0.05) is 6.07 Å². The van der Waals surface area contributed by atoms with Gasteiger partial charge in [0.05, 0.1) is 18.7 Å². The van der Waals surface area contributed by atoms with Crippen molar-refractivity contribution >= 4 is 16.9 Å². The number of nitrogens with one attached hydrogen (secondary N) is 1. The Morgan fingerprint density at radius 1 is 1.36 bits per heavy atom. The number of aromatic amines is 1. The molecule has 1 N–H and O–H groups in total. The molecule has 6 nitrogen and oxygen atoms in total. The third-order valence-corrected chi connectivity index (χ3v) is 4.92. The maximum Gasteiger partial charge on any atom is 0.227 e. The summed E-state index contributed by atoms with van der Waals surface area (Å²) in [7, 11) is 0. The van der Waals surface area contributed by atoms with E-state index < -0.39 is 0 Å². The molecule has 4 rings (SSSR count). The second kappa shape index (κ2) is 6.02. The molecule has 3 heterocycles. The van der Waals surface area contributed by atoms with Crippen molar-refractivity contribution in [3.63, 3.8) is 0 Å². The summed E-state index contributed by atoms with van der Waals surface area (Å²) in [5.74, 6) is 1.60. The summed E-state index contributed by atoms with van der Waals surface area (Å²) in [5.41, 5.74) is 4.11. The number of likely N-dealkylation sites (tertiary alicyclic amines) is 1. The van der Waals surface area contributed by atoms with E-state index in [-0.39, 0.29) is 11.9 Å². The molecule has 1 aliphatic heterocycles. The summed E-state index contributed by atoms with van der Waals surface area (Å²) in [4.78, 5) is 19.3. The SMILES string of the molecule is Cc1cc(C)c2c(CC(=O)N3CCC[C@H]3c3n[nH]c(C)n3)coc2c1. The standard InChI is InChI=1S/C19H22N4O2/c1-11-7-12(2)18-14(10-25-16(18)8-11)9-17(24)23-6-4-5-15(23)19-20-13(3)21-22-19/h7-8,10,15H,4-6,9H2,1-3H3,(H,20,21,22)/t15-/m0/s1. The molecule has 1 fully saturated rings. The molecular weight excluding hydrogens is 316 g/mol. The molecule has 2 aromatic heterocycles. The van der Waals surface area contributed by atoms with Gasteiger partial charge >= 0.3 is 0 Å². The molecule has 1 atom stereocenters. The number of H-pyrrole nitrogens is 1. The van der Waals surface area contributed by atoms with Gasteiger partial charge in [-0.05, 0) is 50.8 Å². The largest absolute Gasteiger partial charge is 0.464 e. The minimum atomic E-state index is -0.0287. The molecule has 25 heavy (non-hydrogen) atoms. The molecule has 1 saturated heterocycles. The highest BCUT2D eigenvalue weighted by molar-refractivity contribution is 5.90. The predicted octanol–water partition coefficient (Wildman–Crippen LogP) is 3.38. The van der Waals surface area contributed by atoms with Crippen molar-refractivity contribution in [2.45, 2.75) is 46.1 Å². The van der Waals surface area contributed by atoms with E-state index in [4.69, 9.17) is 4.42 Å². The molecule has 3 aromatic rings. The van der Waals surface area contributed by atoms with E-state index >= 15 is 0 Å². The highest BCUT2D eigenvalue weighted by Gasteiger charge is 2.32. The zero-order valence-corrected chi connectivity index (χ0v) is 14.8. The molecule has 0 bridgehead atoms. The number of hydrogen-bond donors (Lipinski definition) is 1. The molecule has 1 aromatic carbocycles. The van der Waals surface area contributed by atoms with Crippen molar-refractivity contribution in [2.75, 3.05) is 6.54 Å². The van der Waals surface area contributed by atoms with Crippen LogP contribution < -0.4 is 0 Å². The van der Waals surface area contributed by atoms with Gasteiger partial charge in [-0.2, -0.15) is 5.10 Å². The number of carbonyl (C=O) groups excluding carboxylic acids is 1. The van der Waals surface area contributed by atoms with E-state index in [1.165, 1.54) is 0 Å². The summed E-state index contributed by atoms with van der Waals surface area (Å²) in [5, 5.41) is 8.18. The van der Waals surface area contributed by atoms with Crippen LogP contribution in [0.3, 0.4) is 0 Å². The zero-order chi connectivity index (χ0) is 17.6. The Hall–Kier alpha value is -2.63. The van der Waals surface area contributed by atoms with Crippen molar-refractivity contribution in [2.24, 2.45) is 0 Å². The minimum absolute atomic E-state index is 0.0287. The number of aromatic nitrogens is 3.